The Morgan fingerprint density at radius 1 is 1.28 bits per heavy atom. The van der Waals surface area contributed by atoms with Crippen molar-refractivity contribution in [3.05, 3.63) is 17.7 Å². The van der Waals surface area contributed by atoms with Gasteiger partial charge in [0.25, 0.3) is 0 Å². The lowest BCUT2D eigenvalue weighted by Gasteiger charge is -2.22. The summed E-state index contributed by atoms with van der Waals surface area (Å²) in [6, 6.07) is -0.177. The summed E-state index contributed by atoms with van der Waals surface area (Å²) >= 11 is 5.50. The van der Waals surface area contributed by atoms with Crippen molar-refractivity contribution < 1.29 is 12.6 Å². The number of halogens is 1. The molecule has 1 fully saturated rings. The van der Waals surface area contributed by atoms with Gasteiger partial charge in [0.1, 0.15) is 4.90 Å². The number of nitrogens with one attached hydrogen (secondary N) is 1. The largest absolute Gasteiger partial charge is 0.260 e. The predicted molar refractivity (Wildman–Crippen MR) is 68.3 cm³/mol. The molecule has 0 aromatic carbocycles. The van der Waals surface area contributed by atoms with Crippen molar-refractivity contribution in [1.29, 1.82) is 0 Å². The minimum absolute atomic E-state index is 0.00186. The van der Waals surface area contributed by atoms with Gasteiger partial charge in [-0.1, -0.05) is 0 Å². The molecule has 1 saturated heterocycles. The monoisotopic (exact) mass is 309 g/mol. The minimum Gasteiger partial charge on any atom is -0.260 e. The Labute approximate surface area is 113 Å². The molecule has 0 atom stereocenters. The summed E-state index contributed by atoms with van der Waals surface area (Å²) in [4.78, 5) is 7.26. The SMILES string of the molecule is O=S1CCC(NS(=O)(=O)c2cnc(Cl)nc2)CC1. The highest BCUT2D eigenvalue weighted by Gasteiger charge is 2.24. The smallest absolute Gasteiger partial charge is 0.243 e. The van der Waals surface area contributed by atoms with Crippen LogP contribution in [0.5, 0.6) is 0 Å². The zero-order valence-electron chi connectivity index (χ0n) is 9.37. The molecule has 1 aliphatic heterocycles. The maximum absolute atomic E-state index is 12.0. The van der Waals surface area contributed by atoms with Gasteiger partial charge in [0.05, 0.1) is 12.4 Å². The van der Waals surface area contributed by atoms with E-state index in [1.165, 1.54) is 12.4 Å². The van der Waals surface area contributed by atoms with Gasteiger partial charge in [-0.15, -0.1) is 0 Å². The Morgan fingerprint density at radius 3 is 2.39 bits per heavy atom. The van der Waals surface area contributed by atoms with E-state index in [-0.39, 0.29) is 16.2 Å². The van der Waals surface area contributed by atoms with Gasteiger partial charge in [-0.05, 0) is 24.4 Å². The molecule has 0 saturated carbocycles. The molecule has 100 valence electrons. The second kappa shape index (κ2) is 5.60. The molecule has 0 bridgehead atoms. The van der Waals surface area contributed by atoms with E-state index < -0.39 is 20.8 Å². The molecule has 0 radical (unpaired) electrons. The standard InChI is InChI=1S/C9H12ClN3O3S2/c10-9-11-5-8(6-12-9)18(15,16)13-7-1-3-17(14)4-2-7/h5-7,13H,1-4H2. The quantitative estimate of drug-likeness (QED) is 0.812. The molecule has 2 heterocycles. The van der Waals surface area contributed by atoms with E-state index in [9.17, 15) is 12.6 Å². The van der Waals surface area contributed by atoms with Gasteiger partial charge in [-0.3, -0.25) is 4.21 Å². The van der Waals surface area contributed by atoms with Crippen molar-refractivity contribution >= 4 is 32.4 Å². The minimum atomic E-state index is -3.63. The molecule has 1 aliphatic rings. The maximum atomic E-state index is 12.0. The zero-order valence-corrected chi connectivity index (χ0v) is 11.8. The molecule has 1 N–H and O–H groups in total. The summed E-state index contributed by atoms with van der Waals surface area (Å²) in [6.45, 7) is 0. The van der Waals surface area contributed by atoms with Crippen LogP contribution in [0, 0.1) is 0 Å². The number of aromatic nitrogens is 2. The molecule has 0 amide bonds. The van der Waals surface area contributed by atoms with Gasteiger partial charge >= 0.3 is 0 Å². The first kappa shape index (κ1) is 13.9. The fourth-order valence-electron chi connectivity index (χ4n) is 1.64. The van der Waals surface area contributed by atoms with Crippen LogP contribution in [0.1, 0.15) is 12.8 Å². The molecule has 9 heteroatoms. The first-order valence-electron chi connectivity index (χ1n) is 5.32. The molecule has 0 aliphatic carbocycles. The van der Waals surface area contributed by atoms with Gasteiger partial charge in [-0.2, -0.15) is 0 Å². The van der Waals surface area contributed by atoms with Gasteiger partial charge in [0.15, 0.2) is 0 Å². The van der Waals surface area contributed by atoms with Crippen LogP contribution in [0.4, 0.5) is 0 Å². The van der Waals surface area contributed by atoms with Crippen molar-refractivity contribution in [2.75, 3.05) is 11.5 Å². The van der Waals surface area contributed by atoms with E-state index in [0.29, 0.717) is 24.3 Å². The summed E-state index contributed by atoms with van der Waals surface area (Å²) in [6.07, 6.45) is 3.50. The van der Waals surface area contributed by atoms with Gasteiger partial charge in [-0.25, -0.2) is 23.1 Å². The highest BCUT2D eigenvalue weighted by molar-refractivity contribution is 7.89. The van der Waals surface area contributed by atoms with Crippen molar-refractivity contribution in [2.24, 2.45) is 0 Å². The zero-order chi connectivity index (χ0) is 13.2. The van der Waals surface area contributed by atoms with Gasteiger partial charge in [0, 0.05) is 28.3 Å². The third kappa shape index (κ3) is 3.47. The molecular formula is C9H12ClN3O3S2. The molecular weight excluding hydrogens is 298 g/mol. The van der Waals surface area contributed by atoms with E-state index >= 15 is 0 Å². The van der Waals surface area contributed by atoms with E-state index in [2.05, 4.69) is 14.7 Å². The second-order valence-corrected chi connectivity index (χ2v) is 7.68. The van der Waals surface area contributed by atoms with Gasteiger partial charge < -0.3 is 0 Å². The number of hydrogen-bond donors (Lipinski definition) is 1. The average molecular weight is 310 g/mol. The molecule has 18 heavy (non-hydrogen) atoms. The van der Waals surface area contributed by atoms with Crippen molar-refractivity contribution in [3.8, 4) is 0 Å². The van der Waals surface area contributed by atoms with Crippen molar-refractivity contribution in [3.63, 3.8) is 0 Å². The van der Waals surface area contributed by atoms with Crippen LogP contribution in [-0.2, 0) is 20.8 Å². The van der Waals surface area contributed by atoms with Crippen LogP contribution in [0.25, 0.3) is 0 Å². The summed E-state index contributed by atoms with van der Waals surface area (Å²) in [7, 11) is -4.44. The Balaban J connectivity index is 2.07. The van der Waals surface area contributed by atoms with Crippen LogP contribution in [-0.4, -0.2) is 40.1 Å². The van der Waals surface area contributed by atoms with E-state index in [1.54, 1.807) is 0 Å². The van der Waals surface area contributed by atoms with Crippen LogP contribution >= 0.6 is 11.6 Å². The third-order valence-corrected chi connectivity index (χ3v) is 5.67. The van der Waals surface area contributed by atoms with Gasteiger partial charge in [0.2, 0.25) is 15.3 Å². The fraction of sp³-hybridized carbons (Fsp3) is 0.556. The molecule has 0 unspecified atom stereocenters. The second-order valence-electron chi connectivity index (χ2n) is 3.93. The molecule has 6 nitrogen and oxygen atoms in total. The van der Waals surface area contributed by atoms with Crippen molar-refractivity contribution in [2.45, 2.75) is 23.8 Å². The van der Waals surface area contributed by atoms with E-state index in [0.717, 1.165) is 0 Å². The summed E-state index contributed by atoms with van der Waals surface area (Å²) < 4.78 is 37.7. The lowest BCUT2D eigenvalue weighted by Crippen LogP contribution is -2.39. The topological polar surface area (TPSA) is 89.0 Å². The number of nitrogens with zero attached hydrogens (tertiary/aromatic N) is 2. The lowest BCUT2D eigenvalue weighted by atomic mass is 10.2. The highest BCUT2D eigenvalue weighted by Crippen LogP contribution is 2.14. The predicted octanol–water partition coefficient (Wildman–Crippen LogP) is 0.319. The van der Waals surface area contributed by atoms with Crippen LogP contribution in [0.3, 0.4) is 0 Å². The Bertz CT molecular complexity index is 537. The summed E-state index contributed by atoms with van der Waals surface area (Å²) in [5, 5.41) is 0.00186. The first-order valence-corrected chi connectivity index (χ1v) is 8.67. The normalized spacial score (nSPS) is 24.9. The first-order chi connectivity index (χ1) is 8.47. The third-order valence-electron chi connectivity index (χ3n) is 2.62. The van der Waals surface area contributed by atoms with Crippen LogP contribution in [0.15, 0.2) is 17.3 Å². The fourth-order valence-corrected chi connectivity index (χ4v) is 4.23. The molecule has 2 rings (SSSR count). The lowest BCUT2D eigenvalue weighted by molar-refractivity contribution is 0.521. The number of hydrogen-bond acceptors (Lipinski definition) is 5. The number of rotatable bonds is 3. The maximum Gasteiger partial charge on any atom is 0.243 e. The van der Waals surface area contributed by atoms with Crippen LogP contribution < -0.4 is 4.72 Å². The molecule has 0 spiro atoms. The Kier molecular flexibility index (Phi) is 4.31. The highest BCUT2D eigenvalue weighted by atomic mass is 35.5. The van der Waals surface area contributed by atoms with Crippen LogP contribution in [0.2, 0.25) is 5.28 Å². The Morgan fingerprint density at radius 2 is 1.83 bits per heavy atom. The average Bonchev–Trinajstić information content (AvgIpc) is 2.32. The number of sulfonamides is 1. The van der Waals surface area contributed by atoms with E-state index in [4.69, 9.17) is 11.6 Å². The Hall–Kier alpha value is -0.570. The molecule has 1 aromatic heterocycles. The summed E-state index contributed by atoms with van der Waals surface area (Å²) in [5.74, 6) is 1.06. The molecule has 1 aromatic rings. The van der Waals surface area contributed by atoms with Crippen molar-refractivity contribution in [1.82, 2.24) is 14.7 Å². The van der Waals surface area contributed by atoms with E-state index in [1.807, 2.05) is 0 Å². The summed E-state index contributed by atoms with van der Waals surface area (Å²) in [5.41, 5.74) is 0.